The molecule has 1 atom stereocenters. The van der Waals surface area contributed by atoms with E-state index in [1.807, 2.05) is 38.1 Å². The van der Waals surface area contributed by atoms with Crippen LogP contribution in [0.4, 0.5) is 0 Å². The van der Waals surface area contributed by atoms with Gasteiger partial charge in [0.15, 0.2) is 5.82 Å². The van der Waals surface area contributed by atoms with Crippen LogP contribution in [0.2, 0.25) is 0 Å². The lowest BCUT2D eigenvalue weighted by atomic mass is 10.1. The molecule has 6 nitrogen and oxygen atoms in total. The van der Waals surface area contributed by atoms with Gasteiger partial charge in [0.2, 0.25) is 0 Å². The quantitative estimate of drug-likeness (QED) is 0.895. The van der Waals surface area contributed by atoms with Gasteiger partial charge in [-0.2, -0.15) is 0 Å². The summed E-state index contributed by atoms with van der Waals surface area (Å²) in [7, 11) is 0. The average Bonchev–Trinajstić information content (AvgIpc) is 2.90. The van der Waals surface area contributed by atoms with E-state index in [2.05, 4.69) is 38.8 Å². The number of nitrogens with zero attached hydrogens (tertiary/aromatic N) is 4. The van der Waals surface area contributed by atoms with Crippen molar-refractivity contribution in [2.45, 2.75) is 46.7 Å². The monoisotopic (exact) mass is 355 g/mol. The Bertz CT molecular complexity index is 767. The van der Waals surface area contributed by atoms with Crippen LogP contribution in [0.1, 0.15) is 54.4 Å². The van der Waals surface area contributed by atoms with Crippen LogP contribution in [0.15, 0.2) is 24.3 Å². The van der Waals surface area contributed by atoms with Gasteiger partial charge >= 0.3 is 0 Å². The summed E-state index contributed by atoms with van der Waals surface area (Å²) in [4.78, 5) is 15.1. The van der Waals surface area contributed by atoms with E-state index < -0.39 is 0 Å². The molecule has 2 heterocycles. The van der Waals surface area contributed by atoms with E-state index >= 15 is 0 Å². The van der Waals surface area contributed by atoms with E-state index in [1.165, 1.54) is 0 Å². The lowest BCUT2D eigenvalue weighted by Gasteiger charge is -2.22. The molecule has 1 N–H and O–H groups in total. The van der Waals surface area contributed by atoms with Crippen LogP contribution >= 0.6 is 0 Å². The number of amides is 1. The molecule has 6 heteroatoms. The van der Waals surface area contributed by atoms with Gasteiger partial charge in [0.25, 0.3) is 5.91 Å². The molecule has 3 rings (SSSR count). The Morgan fingerprint density at radius 2 is 1.92 bits per heavy atom. The van der Waals surface area contributed by atoms with Gasteiger partial charge < -0.3 is 14.8 Å². The molecule has 0 aliphatic carbocycles. The molecule has 2 aromatic rings. The summed E-state index contributed by atoms with van der Waals surface area (Å²) in [6, 6.07) is 7.45. The fourth-order valence-electron chi connectivity index (χ4n) is 3.57. The number of aromatic nitrogens is 3. The van der Waals surface area contributed by atoms with Crippen molar-refractivity contribution < 1.29 is 4.79 Å². The fourth-order valence-corrected chi connectivity index (χ4v) is 3.57. The van der Waals surface area contributed by atoms with E-state index in [0.717, 1.165) is 49.8 Å². The van der Waals surface area contributed by atoms with Gasteiger partial charge in [0, 0.05) is 38.2 Å². The van der Waals surface area contributed by atoms with Crippen molar-refractivity contribution in [1.82, 2.24) is 25.0 Å². The molecule has 0 saturated carbocycles. The number of fused-ring (bicyclic) bond motifs is 1. The highest BCUT2D eigenvalue weighted by Gasteiger charge is 2.23. The van der Waals surface area contributed by atoms with Crippen LogP contribution in [-0.2, 0) is 13.0 Å². The standard InChI is InChI=1S/C20H29N5O/c1-14(2)13-24-10-9-18-22-23-19(25(18)12-11-24)16(4)21-20(26)17-8-6-5-7-15(17)3/h5-8,14,16H,9-13H2,1-4H3,(H,21,26)/t16-/m0/s1. The number of aryl methyl sites for hydroxylation is 1. The van der Waals surface area contributed by atoms with Crippen LogP contribution < -0.4 is 5.32 Å². The Balaban J connectivity index is 1.71. The van der Waals surface area contributed by atoms with Gasteiger partial charge in [-0.15, -0.1) is 10.2 Å². The maximum atomic E-state index is 12.6. The maximum Gasteiger partial charge on any atom is 0.252 e. The highest BCUT2D eigenvalue weighted by molar-refractivity contribution is 5.95. The molecule has 0 radical (unpaired) electrons. The van der Waals surface area contributed by atoms with Crippen molar-refractivity contribution in [2.24, 2.45) is 5.92 Å². The topological polar surface area (TPSA) is 63.1 Å². The molecule has 0 spiro atoms. The molecule has 1 amide bonds. The minimum Gasteiger partial charge on any atom is -0.342 e. The number of rotatable bonds is 5. The van der Waals surface area contributed by atoms with Crippen molar-refractivity contribution in [3.8, 4) is 0 Å². The third kappa shape index (κ3) is 4.12. The lowest BCUT2D eigenvalue weighted by Crippen LogP contribution is -2.32. The summed E-state index contributed by atoms with van der Waals surface area (Å²) < 4.78 is 2.18. The molecule has 1 aromatic heterocycles. The first kappa shape index (κ1) is 18.6. The van der Waals surface area contributed by atoms with Gasteiger partial charge in [0.1, 0.15) is 5.82 Å². The summed E-state index contributed by atoms with van der Waals surface area (Å²) in [5, 5.41) is 11.8. The normalized spacial score (nSPS) is 16.2. The molecule has 0 unspecified atom stereocenters. The second kappa shape index (κ2) is 7.99. The minimum atomic E-state index is -0.181. The van der Waals surface area contributed by atoms with Gasteiger partial charge in [-0.1, -0.05) is 32.0 Å². The van der Waals surface area contributed by atoms with Crippen LogP contribution in [0.25, 0.3) is 0 Å². The van der Waals surface area contributed by atoms with E-state index in [1.54, 1.807) is 0 Å². The summed E-state index contributed by atoms with van der Waals surface area (Å²) in [5.74, 6) is 2.45. The molecule has 140 valence electrons. The first-order chi connectivity index (χ1) is 12.5. The largest absolute Gasteiger partial charge is 0.342 e. The summed E-state index contributed by atoms with van der Waals surface area (Å²) in [5.41, 5.74) is 1.68. The first-order valence-electron chi connectivity index (χ1n) is 9.46. The van der Waals surface area contributed by atoms with Gasteiger partial charge in [-0.25, -0.2) is 0 Å². The molecule has 26 heavy (non-hydrogen) atoms. The Hall–Kier alpha value is -2.21. The van der Waals surface area contributed by atoms with E-state index in [-0.39, 0.29) is 11.9 Å². The Morgan fingerprint density at radius 3 is 2.65 bits per heavy atom. The SMILES string of the molecule is Cc1ccccc1C(=O)N[C@@H](C)c1nnc2n1CCN(CC(C)C)CC2. The van der Waals surface area contributed by atoms with E-state index in [9.17, 15) is 4.79 Å². The fraction of sp³-hybridized carbons (Fsp3) is 0.550. The van der Waals surface area contributed by atoms with Gasteiger partial charge in [-0.3, -0.25) is 4.79 Å². The predicted molar refractivity (Wildman–Crippen MR) is 102 cm³/mol. The number of nitrogens with one attached hydrogen (secondary N) is 1. The zero-order valence-electron chi connectivity index (χ0n) is 16.2. The maximum absolute atomic E-state index is 12.6. The van der Waals surface area contributed by atoms with Gasteiger partial charge in [0.05, 0.1) is 6.04 Å². The summed E-state index contributed by atoms with van der Waals surface area (Å²) in [6.45, 7) is 12.4. The zero-order valence-corrected chi connectivity index (χ0v) is 16.2. The van der Waals surface area contributed by atoms with Crippen LogP contribution in [0, 0.1) is 12.8 Å². The van der Waals surface area contributed by atoms with Crippen molar-refractivity contribution in [3.05, 3.63) is 47.0 Å². The zero-order chi connectivity index (χ0) is 18.7. The smallest absolute Gasteiger partial charge is 0.252 e. The van der Waals surface area contributed by atoms with Crippen LogP contribution in [-0.4, -0.2) is 45.2 Å². The summed E-state index contributed by atoms with van der Waals surface area (Å²) in [6.07, 6.45) is 0.901. The lowest BCUT2D eigenvalue weighted by molar-refractivity contribution is 0.0937. The molecular formula is C20H29N5O. The molecule has 0 saturated heterocycles. The van der Waals surface area contributed by atoms with Crippen molar-refractivity contribution in [1.29, 1.82) is 0 Å². The van der Waals surface area contributed by atoms with Crippen molar-refractivity contribution in [2.75, 3.05) is 19.6 Å². The second-order valence-corrected chi connectivity index (χ2v) is 7.58. The number of benzene rings is 1. The molecule has 1 aliphatic heterocycles. The Kier molecular flexibility index (Phi) is 5.71. The number of carbonyl (C=O) groups is 1. The van der Waals surface area contributed by atoms with Gasteiger partial charge in [-0.05, 0) is 31.4 Å². The third-order valence-electron chi connectivity index (χ3n) is 4.90. The molecule has 0 fully saturated rings. The van der Waals surface area contributed by atoms with Crippen LogP contribution in [0.5, 0.6) is 0 Å². The molecule has 1 aliphatic rings. The van der Waals surface area contributed by atoms with Crippen LogP contribution in [0.3, 0.4) is 0 Å². The highest BCUT2D eigenvalue weighted by Crippen LogP contribution is 2.17. The minimum absolute atomic E-state index is 0.0667. The van der Waals surface area contributed by atoms with Crippen molar-refractivity contribution >= 4 is 5.91 Å². The Morgan fingerprint density at radius 1 is 1.15 bits per heavy atom. The predicted octanol–water partition coefficient (Wildman–Crippen LogP) is 2.59. The van der Waals surface area contributed by atoms with E-state index in [4.69, 9.17) is 0 Å². The Labute approximate surface area is 155 Å². The first-order valence-corrected chi connectivity index (χ1v) is 9.46. The van der Waals surface area contributed by atoms with Crippen molar-refractivity contribution in [3.63, 3.8) is 0 Å². The molecule has 1 aromatic carbocycles. The third-order valence-corrected chi connectivity index (χ3v) is 4.90. The number of hydrogen-bond donors (Lipinski definition) is 1. The summed E-state index contributed by atoms with van der Waals surface area (Å²) >= 11 is 0. The average molecular weight is 355 g/mol. The number of hydrogen-bond acceptors (Lipinski definition) is 4. The molecule has 0 bridgehead atoms. The second-order valence-electron chi connectivity index (χ2n) is 7.58. The molecular weight excluding hydrogens is 326 g/mol. The highest BCUT2D eigenvalue weighted by atomic mass is 16.1. The number of carbonyl (C=O) groups excluding carboxylic acids is 1. The van der Waals surface area contributed by atoms with E-state index in [0.29, 0.717) is 11.5 Å².